The summed E-state index contributed by atoms with van der Waals surface area (Å²) in [4.78, 5) is 21.0. The van der Waals surface area contributed by atoms with Crippen LogP contribution in [0, 0.1) is 0 Å². The molecule has 0 bridgehead atoms. The summed E-state index contributed by atoms with van der Waals surface area (Å²) in [5.41, 5.74) is -1.26. The third kappa shape index (κ3) is 4.17. The van der Waals surface area contributed by atoms with E-state index in [1.54, 1.807) is 0 Å². The Morgan fingerprint density at radius 3 is 2.19 bits per heavy atom. The molecule has 2 aromatic heterocycles. The summed E-state index contributed by atoms with van der Waals surface area (Å²) in [6.07, 6.45) is -6.37. The number of nitrogens with zero attached hydrogens (tertiary/aromatic N) is 3. The van der Waals surface area contributed by atoms with Crippen molar-refractivity contribution in [3.05, 3.63) is 41.1 Å². The van der Waals surface area contributed by atoms with Crippen LogP contribution in [-0.4, -0.2) is 21.4 Å². The van der Waals surface area contributed by atoms with Gasteiger partial charge in [-0.1, -0.05) is 0 Å². The van der Waals surface area contributed by atoms with E-state index in [2.05, 4.69) is 20.3 Å². The lowest BCUT2D eigenvalue weighted by Crippen LogP contribution is -2.19. The van der Waals surface area contributed by atoms with Crippen LogP contribution in [0.3, 0.4) is 0 Å². The predicted octanol–water partition coefficient (Wildman–Crippen LogP) is 3.70. The van der Waals surface area contributed by atoms with E-state index in [4.69, 9.17) is 0 Å². The maximum Gasteiger partial charge on any atom is 0.451 e. The highest BCUT2D eigenvalue weighted by molar-refractivity contribution is 5.60. The van der Waals surface area contributed by atoms with Crippen molar-refractivity contribution in [3.63, 3.8) is 0 Å². The van der Waals surface area contributed by atoms with Gasteiger partial charge in [-0.2, -0.15) is 26.3 Å². The lowest BCUT2D eigenvalue weighted by atomic mass is 10.00. The van der Waals surface area contributed by atoms with Crippen LogP contribution >= 0.6 is 0 Å². The van der Waals surface area contributed by atoms with Crippen LogP contribution < -0.4 is 5.32 Å². The fourth-order valence-electron chi connectivity index (χ4n) is 2.64. The number of amides is 1. The highest BCUT2D eigenvalue weighted by Crippen LogP contribution is 2.47. The van der Waals surface area contributed by atoms with Gasteiger partial charge in [0.2, 0.25) is 12.2 Å². The molecule has 0 atom stereocenters. The minimum atomic E-state index is -4.73. The summed E-state index contributed by atoms with van der Waals surface area (Å²) in [6, 6.07) is 1.08. The minimum Gasteiger partial charge on any atom is -0.355 e. The Balaban J connectivity index is 2.11. The first-order chi connectivity index (χ1) is 12.6. The number of pyridine rings is 1. The highest BCUT2D eigenvalue weighted by Gasteiger charge is 2.42. The molecular weight excluding hydrogens is 378 g/mol. The number of halogens is 6. The monoisotopic (exact) mass is 390 g/mol. The van der Waals surface area contributed by atoms with E-state index in [0.717, 1.165) is 18.5 Å². The van der Waals surface area contributed by atoms with Crippen molar-refractivity contribution in [1.82, 2.24) is 20.3 Å². The SMILES string of the molecule is O=CNCc1cc(-c2cnc(C(F)(F)F)nc2)nc(C2CC2)c1C(F)(F)F. The summed E-state index contributed by atoms with van der Waals surface area (Å²) >= 11 is 0. The molecule has 1 aliphatic carbocycles. The Kier molecular flexibility index (Phi) is 4.79. The van der Waals surface area contributed by atoms with Crippen molar-refractivity contribution in [3.8, 4) is 11.3 Å². The largest absolute Gasteiger partial charge is 0.451 e. The van der Waals surface area contributed by atoms with Gasteiger partial charge in [0, 0.05) is 30.4 Å². The maximum absolute atomic E-state index is 13.5. The summed E-state index contributed by atoms with van der Waals surface area (Å²) in [6.45, 7) is -0.394. The van der Waals surface area contributed by atoms with Gasteiger partial charge in [-0.25, -0.2) is 9.97 Å². The minimum absolute atomic E-state index is 0.0151. The van der Waals surface area contributed by atoms with Crippen LogP contribution in [0.4, 0.5) is 26.3 Å². The number of rotatable bonds is 5. The zero-order valence-electron chi connectivity index (χ0n) is 13.5. The van der Waals surface area contributed by atoms with Gasteiger partial charge >= 0.3 is 12.4 Å². The molecule has 1 saturated carbocycles. The van der Waals surface area contributed by atoms with E-state index in [9.17, 15) is 31.1 Å². The smallest absolute Gasteiger partial charge is 0.355 e. The summed E-state index contributed by atoms with van der Waals surface area (Å²) in [5.74, 6) is -1.74. The molecule has 2 aromatic rings. The van der Waals surface area contributed by atoms with Gasteiger partial charge in [0.25, 0.3) is 0 Å². The van der Waals surface area contributed by atoms with Crippen molar-refractivity contribution in [2.75, 3.05) is 0 Å². The summed E-state index contributed by atoms with van der Waals surface area (Å²) < 4.78 is 78.4. The van der Waals surface area contributed by atoms with Crippen molar-refractivity contribution in [2.24, 2.45) is 0 Å². The Bertz CT molecular complexity index is 844. The molecule has 27 heavy (non-hydrogen) atoms. The third-order valence-corrected chi connectivity index (χ3v) is 3.95. The summed E-state index contributed by atoms with van der Waals surface area (Å²) in [7, 11) is 0. The maximum atomic E-state index is 13.5. The number of alkyl halides is 6. The highest BCUT2D eigenvalue weighted by atomic mass is 19.4. The van der Waals surface area contributed by atoms with Crippen LogP contribution in [0.2, 0.25) is 0 Å². The van der Waals surface area contributed by atoms with E-state index < -0.39 is 30.3 Å². The summed E-state index contributed by atoms with van der Waals surface area (Å²) in [5, 5.41) is 2.18. The molecule has 0 saturated heterocycles. The zero-order chi connectivity index (χ0) is 19.8. The molecule has 0 aliphatic heterocycles. The topological polar surface area (TPSA) is 67.8 Å². The molecule has 2 heterocycles. The Morgan fingerprint density at radius 1 is 1.07 bits per heavy atom. The van der Waals surface area contributed by atoms with Crippen LogP contribution in [0.5, 0.6) is 0 Å². The van der Waals surface area contributed by atoms with Crippen LogP contribution in [-0.2, 0) is 23.7 Å². The lowest BCUT2D eigenvalue weighted by Gasteiger charge is -2.18. The second-order valence-corrected chi connectivity index (χ2v) is 5.99. The van der Waals surface area contributed by atoms with Crippen LogP contribution in [0.25, 0.3) is 11.3 Å². The molecule has 0 radical (unpaired) electrons. The Hall–Kier alpha value is -2.72. The zero-order valence-corrected chi connectivity index (χ0v) is 13.5. The molecule has 1 aliphatic rings. The van der Waals surface area contributed by atoms with Gasteiger partial charge in [0.15, 0.2) is 0 Å². The Morgan fingerprint density at radius 2 is 1.70 bits per heavy atom. The quantitative estimate of drug-likeness (QED) is 0.625. The number of aromatic nitrogens is 3. The second-order valence-electron chi connectivity index (χ2n) is 5.99. The Labute approximate surface area is 148 Å². The molecule has 0 aromatic carbocycles. The van der Waals surface area contributed by atoms with Crippen molar-refractivity contribution in [1.29, 1.82) is 0 Å². The first kappa shape index (κ1) is 19.1. The fourth-order valence-corrected chi connectivity index (χ4v) is 2.64. The lowest BCUT2D eigenvalue weighted by molar-refractivity contribution is -0.145. The molecule has 1 fully saturated rings. The number of carbonyl (C=O) groups excluding carboxylic acids is 1. The molecule has 11 heteroatoms. The molecule has 0 unspecified atom stereocenters. The molecule has 144 valence electrons. The van der Waals surface area contributed by atoms with Gasteiger partial charge < -0.3 is 5.32 Å². The molecular formula is C16H12F6N4O. The first-order valence-electron chi connectivity index (χ1n) is 7.79. The van der Waals surface area contributed by atoms with E-state index in [1.165, 1.54) is 0 Å². The number of nitrogens with one attached hydrogen (secondary N) is 1. The van der Waals surface area contributed by atoms with E-state index >= 15 is 0 Å². The fraction of sp³-hybridized carbons (Fsp3) is 0.375. The van der Waals surface area contributed by atoms with Crippen molar-refractivity contribution < 1.29 is 31.1 Å². The number of carbonyl (C=O) groups is 1. The number of hydrogen-bond acceptors (Lipinski definition) is 4. The van der Waals surface area contributed by atoms with Crippen LogP contribution in [0.15, 0.2) is 18.5 Å². The molecule has 3 rings (SSSR count). The average molecular weight is 390 g/mol. The van der Waals surface area contributed by atoms with Crippen LogP contribution in [0.1, 0.15) is 41.4 Å². The number of hydrogen-bond donors (Lipinski definition) is 1. The van der Waals surface area contributed by atoms with E-state index in [0.29, 0.717) is 12.8 Å². The molecule has 5 nitrogen and oxygen atoms in total. The van der Waals surface area contributed by atoms with E-state index in [-0.39, 0.29) is 34.8 Å². The van der Waals surface area contributed by atoms with Gasteiger partial charge in [0.05, 0.1) is 17.0 Å². The standard InChI is InChI=1S/C16H12F6N4O/c17-15(18,19)12-9(4-23-7-27)3-11(26-13(12)8-1-2-8)10-5-24-14(25-6-10)16(20,21)22/h3,5-8H,1-2,4H2,(H,23,27). The second kappa shape index (κ2) is 6.78. The van der Waals surface area contributed by atoms with Gasteiger partial charge in [0.1, 0.15) is 0 Å². The van der Waals surface area contributed by atoms with Crippen molar-refractivity contribution >= 4 is 6.41 Å². The van der Waals surface area contributed by atoms with Gasteiger partial charge in [-0.15, -0.1) is 0 Å². The molecule has 1 N–H and O–H groups in total. The normalized spacial score (nSPS) is 14.9. The van der Waals surface area contributed by atoms with Crippen molar-refractivity contribution in [2.45, 2.75) is 37.7 Å². The van der Waals surface area contributed by atoms with Gasteiger partial charge in [-0.05, 0) is 24.5 Å². The molecule has 0 spiro atoms. The third-order valence-electron chi connectivity index (χ3n) is 3.95. The van der Waals surface area contributed by atoms with Gasteiger partial charge in [-0.3, -0.25) is 9.78 Å². The first-order valence-corrected chi connectivity index (χ1v) is 7.79. The molecule has 1 amide bonds. The predicted molar refractivity (Wildman–Crippen MR) is 80.1 cm³/mol. The van der Waals surface area contributed by atoms with E-state index in [1.807, 2.05) is 0 Å². The average Bonchev–Trinajstić information content (AvgIpc) is 3.42.